The molecule has 0 unspecified atom stereocenters. The Labute approximate surface area is 534 Å². The number of carbonyl (C=O) groups is 6. The third-order valence-corrected chi connectivity index (χ3v) is 18.0. The second kappa shape index (κ2) is 26.4. The molecule has 0 bridgehead atoms. The Balaban J connectivity index is 0.000000134. The van der Waals surface area contributed by atoms with Crippen molar-refractivity contribution >= 4 is 84.8 Å². The summed E-state index contributed by atoms with van der Waals surface area (Å²) in [5.41, 5.74) is 3.92. The number of ketones is 3. The highest BCUT2D eigenvalue weighted by Crippen LogP contribution is 2.46. The third kappa shape index (κ3) is 12.2. The van der Waals surface area contributed by atoms with Crippen molar-refractivity contribution in [3.63, 3.8) is 0 Å². The lowest BCUT2D eigenvalue weighted by Gasteiger charge is -2.23. The lowest BCUT2D eigenvalue weighted by molar-refractivity contribution is -0.141. The molecule has 3 aliphatic rings. The monoisotopic (exact) mass is 1250 g/mol. The van der Waals surface area contributed by atoms with Crippen molar-refractivity contribution in [1.29, 1.82) is 0 Å². The number of fused-ring (bicyclic) bond motifs is 6. The number of benzene rings is 8. The molecule has 3 aromatic heterocycles. The average molecular weight is 1250 g/mol. The topological polar surface area (TPSA) is 220 Å². The van der Waals surface area contributed by atoms with Crippen molar-refractivity contribution in [3.8, 4) is 0 Å². The molecule has 0 spiro atoms. The number of H-pyrrole nitrogens is 3. The van der Waals surface area contributed by atoms with Crippen LogP contribution in [0.3, 0.4) is 0 Å². The van der Waals surface area contributed by atoms with Gasteiger partial charge in [0.05, 0.1) is 35.5 Å². The molecule has 0 aliphatic carbocycles. The molecule has 3 aliphatic heterocycles. The van der Waals surface area contributed by atoms with Gasteiger partial charge in [-0.25, -0.2) is 8.78 Å². The van der Waals surface area contributed by atoms with Gasteiger partial charge in [-0.3, -0.25) is 28.8 Å². The maximum atomic E-state index is 14.1. The second-order valence-electron chi connectivity index (χ2n) is 23.8. The van der Waals surface area contributed by atoms with E-state index in [1.807, 2.05) is 104 Å². The fourth-order valence-electron chi connectivity index (χ4n) is 13.1. The van der Waals surface area contributed by atoms with E-state index >= 15 is 0 Å². The van der Waals surface area contributed by atoms with Crippen molar-refractivity contribution in [3.05, 3.63) is 269 Å². The van der Waals surface area contributed by atoms with Gasteiger partial charge in [-0.15, -0.1) is 0 Å². The van der Waals surface area contributed by atoms with E-state index in [1.165, 1.54) is 47.4 Å². The number of rotatable bonds is 20. The number of amides is 3. The highest BCUT2D eigenvalue weighted by atomic mass is 19.1. The van der Waals surface area contributed by atoms with Gasteiger partial charge in [0.25, 0.3) is 17.7 Å². The number of anilines is 3. The van der Waals surface area contributed by atoms with Crippen molar-refractivity contribution in [2.24, 2.45) is 0 Å². The fourth-order valence-corrected chi connectivity index (χ4v) is 13.1. The summed E-state index contributed by atoms with van der Waals surface area (Å²) in [7, 11) is 0. The standard InChI is InChI=1S/2C26H21FN2O3.C24H26N2O3/c27-21-10-4-1-8-19(21)24(30)15-26(32)20-9-3-6-12-23(20)29(25(26)31)14-13-17-16-28-22-11-5-2-7-18(17)22;27-19-11-9-17(10-12-19)24(30)15-26(32)21-6-2-4-8-23(21)29(25(26)31)14-13-18-16-28-22-7-3-1-5-20(18)22;1-2-3-8-18(27)15-24(29)20-10-5-7-12-22(20)26(23(24)28)14-13-17-16-25-21-11-6-4-9-19(17)21/h2*1-12,16,28,32H,13-15H2;4-7,9-12,16,25,29H,2-3,8,13-15H2,1H3/t2*26-;24-/m111/s1. The number of hydrogen-bond acceptors (Lipinski definition) is 9. The first kappa shape index (κ1) is 62.7. The van der Waals surface area contributed by atoms with Crippen LogP contribution in [0.2, 0.25) is 0 Å². The Morgan fingerprint density at radius 1 is 0.430 bits per heavy atom. The Hall–Kier alpha value is -10.5. The van der Waals surface area contributed by atoms with Crippen molar-refractivity contribution in [2.45, 2.75) is 81.5 Å². The Bertz CT molecular complexity index is 4650. The maximum Gasteiger partial charge on any atom is 0.264 e. The fraction of sp³-hybridized carbons (Fsp3) is 0.211. The van der Waals surface area contributed by atoms with E-state index in [1.54, 1.807) is 76.5 Å². The molecule has 14 rings (SSSR count). The first-order valence-corrected chi connectivity index (χ1v) is 31.2. The van der Waals surface area contributed by atoms with Gasteiger partial charge in [-0.2, -0.15) is 0 Å². The second-order valence-corrected chi connectivity index (χ2v) is 23.8. The summed E-state index contributed by atoms with van der Waals surface area (Å²) in [4.78, 5) is 92.4. The van der Waals surface area contributed by atoms with Crippen molar-refractivity contribution in [2.75, 3.05) is 34.3 Å². The molecular formula is C76H68F2N6O9. The predicted molar refractivity (Wildman–Crippen MR) is 354 cm³/mol. The molecule has 6 N–H and O–H groups in total. The quantitative estimate of drug-likeness (QED) is 0.0399. The molecule has 0 radical (unpaired) electrons. The number of halogens is 2. The number of hydrogen-bond donors (Lipinski definition) is 6. The Kier molecular flexibility index (Phi) is 17.8. The molecule has 8 aromatic carbocycles. The van der Waals surface area contributed by atoms with Crippen LogP contribution >= 0.6 is 0 Å². The minimum atomic E-state index is -2.03. The molecule has 3 amide bonds. The predicted octanol–water partition coefficient (Wildman–Crippen LogP) is 12.8. The molecule has 0 fully saturated rings. The van der Waals surface area contributed by atoms with E-state index in [-0.39, 0.29) is 23.3 Å². The first-order chi connectivity index (χ1) is 45.0. The van der Waals surface area contributed by atoms with E-state index < -0.39 is 70.6 Å². The van der Waals surface area contributed by atoms with Crippen LogP contribution in [0.1, 0.15) is 99.5 Å². The van der Waals surface area contributed by atoms with Gasteiger partial charge in [-0.1, -0.05) is 135 Å². The van der Waals surface area contributed by atoms with Gasteiger partial charge in [0.2, 0.25) is 0 Å². The van der Waals surface area contributed by atoms with Crippen LogP contribution in [-0.4, -0.2) is 85.0 Å². The maximum absolute atomic E-state index is 14.1. The van der Waals surface area contributed by atoms with Gasteiger partial charge in [0, 0.05) is 106 Å². The zero-order valence-electron chi connectivity index (χ0n) is 51.1. The molecular weight excluding hydrogens is 1180 g/mol. The Morgan fingerprint density at radius 3 is 1.19 bits per heavy atom. The average Bonchev–Trinajstić information content (AvgIpc) is 1.61. The van der Waals surface area contributed by atoms with E-state index in [4.69, 9.17) is 0 Å². The number of aromatic amines is 3. The first-order valence-electron chi connectivity index (χ1n) is 31.2. The molecule has 3 atom stereocenters. The van der Waals surface area contributed by atoms with E-state index in [0.29, 0.717) is 79.1 Å². The van der Waals surface area contributed by atoms with E-state index in [9.17, 15) is 52.9 Å². The normalized spacial score (nSPS) is 17.9. The van der Waals surface area contributed by atoms with Crippen LogP contribution in [0.15, 0.2) is 213 Å². The van der Waals surface area contributed by atoms with Crippen molar-refractivity contribution in [1.82, 2.24) is 15.0 Å². The molecule has 17 heteroatoms. The van der Waals surface area contributed by atoms with Crippen LogP contribution in [0, 0.1) is 11.6 Å². The zero-order chi connectivity index (χ0) is 65.0. The number of para-hydroxylation sites is 6. The van der Waals surface area contributed by atoms with Crippen LogP contribution in [0.25, 0.3) is 32.7 Å². The lowest BCUT2D eigenvalue weighted by Crippen LogP contribution is -2.42. The van der Waals surface area contributed by atoms with E-state index in [0.717, 1.165) is 62.2 Å². The van der Waals surface area contributed by atoms with Gasteiger partial charge < -0.3 is 45.0 Å². The highest BCUT2D eigenvalue weighted by molar-refractivity contribution is 6.12. The molecule has 93 heavy (non-hydrogen) atoms. The van der Waals surface area contributed by atoms with Crippen LogP contribution in [-0.2, 0) is 55.2 Å². The summed E-state index contributed by atoms with van der Waals surface area (Å²) in [6, 6.07) is 55.8. The van der Waals surface area contributed by atoms with Gasteiger partial charge >= 0.3 is 0 Å². The van der Waals surface area contributed by atoms with Crippen molar-refractivity contribution < 1.29 is 52.9 Å². The lowest BCUT2D eigenvalue weighted by atomic mass is 9.88. The number of aliphatic hydroxyl groups is 3. The van der Waals surface area contributed by atoms with Gasteiger partial charge in [0.1, 0.15) is 17.4 Å². The molecule has 0 saturated heterocycles. The summed E-state index contributed by atoms with van der Waals surface area (Å²) in [6.07, 6.45) is 8.63. The molecule has 15 nitrogen and oxygen atoms in total. The summed E-state index contributed by atoms with van der Waals surface area (Å²) < 4.78 is 27.3. The smallest absolute Gasteiger partial charge is 0.264 e. The van der Waals surface area contributed by atoms with Crippen LogP contribution in [0.5, 0.6) is 0 Å². The zero-order valence-corrected chi connectivity index (χ0v) is 51.1. The molecule has 0 saturated carbocycles. The van der Waals surface area contributed by atoms with Crippen LogP contribution < -0.4 is 14.7 Å². The Morgan fingerprint density at radius 2 is 0.785 bits per heavy atom. The number of carbonyl (C=O) groups excluding carboxylic acids is 6. The largest absolute Gasteiger partial charge is 0.375 e. The SMILES string of the molecule is CCCCC(=O)C[C@]1(O)C(=O)N(CCc2c[nH]c3ccccc23)c2ccccc21.O=C(C[C@]1(O)C(=O)N(CCc2c[nH]c3ccccc23)c2ccccc21)c1ccc(F)cc1.O=C(C[C@]1(O)C(=O)N(CCc2c[nH]c3ccccc23)c2ccccc21)c1ccccc1F. The molecule has 6 heterocycles. The number of nitrogens with one attached hydrogen (secondary N) is 3. The third-order valence-electron chi connectivity index (χ3n) is 18.0. The van der Waals surface area contributed by atoms with Crippen LogP contribution in [0.4, 0.5) is 25.8 Å². The van der Waals surface area contributed by atoms with Gasteiger partial charge in [0.15, 0.2) is 28.4 Å². The number of nitrogens with zero attached hydrogens (tertiary/aromatic N) is 3. The highest BCUT2D eigenvalue weighted by Gasteiger charge is 2.53. The molecule has 11 aromatic rings. The summed E-state index contributed by atoms with van der Waals surface area (Å²) in [5.74, 6) is -3.72. The summed E-state index contributed by atoms with van der Waals surface area (Å²) >= 11 is 0. The van der Waals surface area contributed by atoms with E-state index in [2.05, 4.69) is 21.0 Å². The molecule has 470 valence electrons. The number of unbranched alkanes of at least 4 members (excludes halogenated alkanes) is 1. The minimum absolute atomic E-state index is 0.0732. The summed E-state index contributed by atoms with van der Waals surface area (Å²) in [6.45, 7) is 3.17. The summed E-state index contributed by atoms with van der Waals surface area (Å²) in [5, 5.41) is 37.4. The number of aromatic nitrogens is 3. The van der Waals surface area contributed by atoms with Gasteiger partial charge in [-0.05, 0) is 115 Å². The number of Topliss-reactive ketones (excluding diaryl/α,β-unsaturated/α-hetero) is 3. The minimum Gasteiger partial charge on any atom is -0.375 e.